The predicted molar refractivity (Wildman–Crippen MR) is 72.8 cm³/mol. The largest absolute Gasteiger partial charge is 0.383 e. The van der Waals surface area contributed by atoms with Gasteiger partial charge in [-0.3, -0.25) is 0 Å². The number of nitrogens with one attached hydrogen (secondary N) is 1. The van der Waals surface area contributed by atoms with Crippen LogP contribution in [0.5, 0.6) is 0 Å². The number of benzene rings is 2. The topological polar surface area (TPSA) is 12.0 Å². The molecule has 0 radical (unpaired) electrons. The monoisotopic (exact) mass is 243 g/mol. The number of halogens is 1. The van der Waals surface area contributed by atoms with Crippen molar-refractivity contribution in [1.29, 1.82) is 0 Å². The van der Waals surface area contributed by atoms with Gasteiger partial charge in [0.25, 0.3) is 0 Å². The highest BCUT2D eigenvalue weighted by Gasteiger charge is 2.20. The molecule has 1 aliphatic rings. The summed E-state index contributed by atoms with van der Waals surface area (Å²) in [4.78, 5) is 0. The van der Waals surface area contributed by atoms with E-state index < -0.39 is 0 Å². The van der Waals surface area contributed by atoms with E-state index in [2.05, 4.69) is 41.7 Å². The van der Waals surface area contributed by atoms with Crippen LogP contribution in [0.4, 0.5) is 5.69 Å². The minimum absolute atomic E-state index is 0.544. The fourth-order valence-electron chi connectivity index (χ4n) is 2.46. The van der Waals surface area contributed by atoms with Crippen LogP contribution in [0.2, 0.25) is 5.02 Å². The molecule has 0 aliphatic carbocycles. The molecule has 0 fully saturated rings. The molecule has 0 spiro atoms. The van der Waals surface area contributed by atoms with Crippen LogP contribution in [0.3, 0.4) is 0 Å². The number of anilines is 1. The van der Waals surface area contributed by atoms with E-state index >= 15 is 0 Å². The Morgan fingerprint density at radius 1 is 1.00 bits per heavy atom. The Labute approximate surface area is 106 Å². The average Bonchev–Trinajstić information content (AvgIpc) is 2.40. The highest BCUT2D eigenvalue weighted by Crippen LogP contribution is 2.34. The molecule has 0 saturated carbocycles. The van der Waals surface area contributed by atoms with Crippen LogP contribution in [0.1, 0.15) is 17.0 Å². The molecule has 2 aromatic rings. The van der Waals surface area contributed by atoms with Crippen LogP contribution < -0.4 is 5.32 Å². The number of hydrogen-bond acceptors (Lipinski definition) is 1. The lowest BCUT2D eigenvalue weighted by molar-refractivity contribution is 0.695. The normalized spacial score (nSPS) is 18.3. The minimum Gasteiger partial charge on any atom is -0.383 e. The van der Waals surface area contributed by atoms with Gasteiger partial charge in [0.2, 0.25) is 0 Å². The van der Waals surface area contributed by atoms with Crippen molar-refractivity contribution in [3.63, 3.8) is 0 Å². The van der Waals surface area contributed by atoms with E-state index in [9.17, 15) is 0 Å². The second kappa shape index (κ2) is 4.42. The van der Waals surface area contributed by atoms with Crippen molar-refractivity contribution in [3.05, 3.63) is 64.7 Å². The molecule has 0 bridgehead atoms. The summed E-state index contributed by atoms with van der Waals surface area (Å²) in [7, 11) is 0. The number of para-hydroxylation sites is 1. The standard InChI is InChI=1S/C15H14ClN/c16-14-8-4-7-12-9-13(10-17-15(12)14)11-5-2-1-3-6-11/h1-8,13,17H,9-10H2. The lowest BCUT2D eigenvalue weighted by Crippen LogP contribution is -2.21. The van der Waals surface area contributed by atoms with E-state index in [1.54, 1.807) is 0 Å². The maximum atomic E-state index is 6.17. The molecule has 1 unspecified atom stereocenters. The molecule has 17 heavy (non-hydrogen) atoms. The smallest absolute Gasteiger partial charge is 0.0640 e. The van der Waals surface area contributed by atoms with Gasteiger partial charge < -0.3 is 5.32 Å². The van der Waals surface area contributed by atoms with E-state index in [4.69, 9.17) is 11.6 Å². The van der Waals surface area contributed by atoms with Crippen molar-refractivity contribution in [3.8, 4) is 0 Å². The maximum Gasteiger partial charge on any atom is 0.0640 e. The molecule has 1 atom stereocenters. The Morgan fingerprint density at radius 3 is 2.65 bits per heavy atom. The zero-order valence-electron chi connectivity index (χ0n) is 9.49. The van der Waals surface area contributed by atoms with Gasteiger partial charge in [0.1, 0.15) is 0 Å². The average molecular weight is 244 g/mol. The quantitative estimate of drug-likeness (QED) is 0.796. The van der Waals surface area contributed by atoms with Gasteiger partial charge in [-0.2, -0.15) is 0 Å². The van der Waals surface area contributed by atoms with Crippen molar-refractivity contribution in [1.82, 2.24) is 0 Å². The van der Waals surface area contributed by atoms with Crippen LogP contribution in [-0.2, 0) is 6.42 Å². The van der Waals surface area contributed by atoms with Crippen LogP contribution in [0.15, 0.2) is 48.5 Å². The molecule has 0 amide bonds. The lowest BCUT2D eigenvalue weighted by atomic mass is 9.88. The number of hydrogen-bond donors (Lipinski definition) is 1. The summed E-state index contributed by atoms with van der Waals surface area (Å²) in [6.45, 7) is 0.959. The van der Waals surface area contributed by atoms with E-state index in [1.165, 1.54) is 11.1 Å². The summed E-state index contributed by atoms with van der Waals surface area (Å²) < 4.78 is 0. The molecular weight excluding hydrogens is 230 g/mol. The molecular formula is C15H14ClN. The van der Waals surface area contributed by atoms with Crippen LogP contribution in [0.25, 0.3) is 0 Å². The Morgan fingerprint density at radius 2 is 1.82 bits per heavy atom. The van der Waals surface area contributed by atoms with Crippen LogP contribution in [-0.4, -0.2) is 6.54 Å². The summed E-state index contributed by atoms with van der Waals surface area (Å²) in [5.41, 5.74) is 3.82. The molecule has 2 heteroatoms. The highest BCUT2D eigenvalue weighted by atomic mass is 35.5. The van der Waals surface area contributed by atoms with E-state index in [0.717, 1.165) is 23.7 Å². The molecule has 0 saturated heterocycles. The predicted octanol–water partition coefficient (Wildman–Crippen LogP) is 4.09. The van der Waals surface area contributed by atoms with Gasteiger partial charge in [-0.05, 0) is 23.6 Å². The van der Waals surface area contributed by atoms with Crippen molar-refractivity contribution in [2.45, 2.75) is 12.3 Å². The first-order valence-electron chi connectivity index (χ1n) is 5.91. The molecule has 86 valence electrons. The second-order valence-electron chi connectivity index (χ2n) is 4.47. The fourth-order valence-corrected chi connectivity index (χ4v) is 2.72. The molecule has 0 aromatic heterocycles. The molecule has 1 heterocycles. The Balaban J connectivity index is 1.91. The third-order valence-corrected chi connectivity index (χ3v) is 3.68. The summed E-state index contributed by atoms with van der Waals surface area (Å²) in [6, 6.07) is 16.8. The van der Waals surface area contributed by atoms with Gasteiger partial charge in [0.15, 0.2) is 0 Å². The van der Waals surface area contributed by atoms with Crippen molar-refractivity contribution in [2.75, 3.05) is 11.9 Å². The van der Waals surface area contributed by atoms with Gasteiger partial charge in [0, 0.05) is 12.5 Å². The van der Waals surface area contributed by atoms with Crippen molar-refractivity contribution < 1.29 is 0 Å². The first-order chi connectivity index (χ1) is 8.34. The van der Waals surface area contributed by atoms with Gasteiger partial charge >= 0.3 is 0 Å². The maximum absolute atomic E-state index is 6.17. The van der Waals surface area contributed by atoms with E-state index in [1.807, 2.05) is 12.1 Å². The lowest BCUT2D eigenvalue weighted by Gasteiger charge is -2.27. The summed E-state index contributed by atoms with van der Waals surface area (Å²) in [5, 5.41) is 4.28. The van der Waals surface area contributed by atoms with Crippen molar-refractivity contribution in [2.24, 2.45) is 0 Å². The zero-order valence-corrected chi connectivity index (χ0v) is 10.2. The SMILES string of the molecule is Clc1cccc2c1NCC(c1ccccc1)C2. The zero-order chi connectivity index (χ0) is 11.7. The molecule has 1 nitrogen and oxygen atoms in total. The second-order valence-corrected chi connectivity index (χ2v) is 4.87. The number of rotatable bonds is 1. The van der Waals surface area contributed by atoms with E-state index in [-0.39, 0.29) is 0 Å². The van der Waals surface area contributed by atoms with Gasteiger partial charge in [-0.1, -0.05) is 54.1 Å². The summed E-state index contributed by atoms with van der Waals surface area (Å²) in [6.07, 6.45) is 1.06. The Kier molecular flexibility index (Phi) is 2.77. The van der Waals surface area contributed by atoms with Gasteiger partial charge in [-0.15, -0.1) is 0 Å². The van der Waals surface area contributed by atoms with E-state index in [0.29, 0.717) is 5.92 Å². The van der Waals surface area contributed by atoms with Crippen LogP contribution in [0, 0.1) is 0 Å². The summed E-state index contributed by atoms with van der Waals surface area (Å²) >= 11 is 6.17. The number of fused-ring (bicyclic) bond motifs is 1. The summed E-state index contributed by atoms with van der Waals surface area (Å²) in [5.74, 6) is 0.544. The Bertz CT molecular complexity index is 522. The fraction of sp³-hybridized carbons (Fsp3) is 0.200. The van der Waals surface area contributed by atoms with Crippen molar-refractivity contribution >= 4 is 17.3 Å². The Hall–Kier alpha value is -1.47. The molecule has 3 rings (SSSR count). The third kappa shape index (κ3) is 2.03. The minimum atomic E-state index is 0.544. The third-order valence-electron chi connectivity index (χ3n) is 3.36. The van der Waals surface area contributed by atoms with Gasteiger partial charge in [-0.25, -0.2) is 0 Å². The van der Waals surface area contributed by atoms with Gasteiger partial charge in [0.05, 0.1) is 10.7 Å². The van der Waals surface area contributed by atoms with Crippen LogP contribution >= 0.6 is 11.6 Å². The first kappa shape index (κ1) is 10.7. The molecule has 1 N–H and O–H groups in total. The molecule has 2 aromatic carbocycles. The highest BCUT2D eigenvalue weighted by molar-refractivity contribution is 6.33. The molecule has 1 aliphatic heterocycles. The first-order valence-corrected chi connectivity index (χ1v) is 6.28.